The van der Waals surface area contributed by atoms with Crippen LogP contribution in [0.2, 0.25) is 0 Å². The molecule has 7 nitrogen and oxygen atoms in total. The Labute approximate surface area is 126 Å². The van der Waals surface area contributed by atoms with Crippen LogP contribution in [0.4, 0.5) is 17.3 Å². The Bertz CT molecular complexity index is 513. The van der Waals surface area contributed by atoms with Crippen molar-refractivity contribution >= 4 is 32.3 Å². The smallest absolute Gasteiger partial charge is 0.159 e. The summed E-state index contributed by atoms with van der Waals surface area (Å²) in [5, 5.41) is 3.25. The van der Waals surface area contributed by atoms with Gasteiger partial charge in [0.05, 0.1) is 12.2 Å². The van der Waals surface area contributed by atoms with Crippen molar-refractivity contribution < 1.29 is 9.26 Å². The summed E-state index contributed by atoms with van der Waals surface area (Å²) in [6.45, 7) is 6.50. The molecule has 1 unspecified atom stereocenters. The van der Waals surface area contributed by atoms with Crippen LogP contribution in [-0.2, 0) is 9.26 Å². The number of ether oxygens (including phenoxy) is 1. The molecule has 1 aromatic heterocycles. The highest BCUT2D eigenvalue weighted by molar-refractivity contribution is 7.31. The molecule has 1 aliphatic heterocycles. The molecular weight excluding hydrogens is 289 g/mol. The standard InChI is InChI=1S/C13H22N5O2P/c1-4-15-10-11(14)16-8-17-12(10)18-9-5-6-13(2,20-9)7-19-21-3/h4,8-9,21H,5-7H2,1-3H3,(H3,14,16,17,18)/t9-,13+/m1/s1. The average molecular weight is 311 g/mol. The highest BCUT2D eigenvalue weighted by Crippen LogP contribution is 2.34. The van der Waals surface area contributed by atoms with E-state index >= 15 is 0 Å². The molecule has 0 amide bonds. The number of aliphatic imine (C=N–C) groups is 1. The van der Waals surface area contributed by atoms with E-state index in [-0.39, 0.29) is 11.8 Å². The van der Waals surface area contributed by atoms with Crippen molar-refractivity contribution in [3.8, 4) is 0 Å². The van der Waals surface area contributed by atoms with Gasteiger partial charge in [0, 0.05) is 15.0 Å². The van der Waals surface area contributed by atoms with Crippen molar-refractivity contribution in [3.05, 3.63) is 6.33 Å². The number of rotatable bonds is 6. The van der Waals surface area contributed by atoms with Gasteiger partial charge >= 0.3 is 0 Å². The Balaban J connectivity index is 2.05. The first kappa shape index (κ1) is 16.1. The zero-order chi connectivity index (χ0) is 15.3. The van der Waals surface area contributed by atoms with Gasteiger partial charge in [-0.15, -0.1) is 0 Å². The van der Waals surface area contributed by atoms with Crippen molar-refractivity contribution in [2.75, 3.05) is 24.3 Å². The van der Waals surface area contributed by atoms with E-state index in [4.69, 9.17) is 15.0 Å². The maximum Gasteiger partial charge on any atom is 0.159 e. The molecule has 1 aliphatic rings. The Hall–Kier alpha value is -1.30. The van der Waals surface area contributed by atoms with Gasteiger partial charge in [-0.25, -0.2) is 9.97 Å². The second-order valence-electron chi connectivity index (χ2n) is 5.08. The fraction of sp³-hybridized carbons (Fsp3) is 0.615. The zero-order valence-electron chi connectivity index (χ0n) is 12.6. The number of hydrogen-bond acceptors (Lipinski definition) is 7. The normalized spacial score (nSPS) is 26.1. The minimum absolute atomic E-state index is 0.126. The van der Waals surface area contributed by atoms with Gasteiger partial charge in [-0.2, -0.15) is 0 Å². The van der Waals surface area contributed by atoms with Gasteiger partial charge in [0.15, 0.2) is 11.6 Å². The maximum absolute atomic E-state index is 6.04. The number of nitrogens with two attached hydrogens (primary N) is 1. The van der Waals surface area contributed by atoms with Crippen LogP contribution in [0.25, 0.3) is 0 Å². The van der Waals surface area contributed by atoms with Gasteiger partial charge in [-0.1, -0.05) is 0 Å². The first-order valence-corrected chi connectivity index (χ1v) is 8.31. The zero-order valence-corrected chi connectivity index (χ0v) is 13.6. The molecule has 1 aromatic rings. The molecule has 2 rings (SSSR count). The molecule has 0 aromatic carbocycles. The van der Waals surface area contributed by atoms with Crippen molar-refractivity contribution in [1.82, 2.24) is 9.97 Å². The topological polar surface area (TPSA) is 94.7 Å². The Morgan fingerprint density at radius 1 is 1.67 bits per heavy atom. The van der Waals surface area contributed by atoms with E-state index in [2.05, 4.69) is 27.2 Å². The second-order valence-corrected chi connectivity index (χ2v) is 5.77. The minimum atomic E-state index is -0.257. The molecule has 3 N–H and O–H groups in total. The fourth-order valence-electron chi connectivity index (χ4n) is 2.24. The van der Waals surface area contributed by atoms with Crippen LogP contribution in [0.3, 0.4) is 0 Å². The first-order chi connectivity index (χ1) is 10.1. The summed E-state index contributed by atoms with van der Waals surface area (Å²) in [5.74, 6) is 0.940. The molecule has 1 saturated heterocycles. The molecule has 1 fully saturated rings. The van der Waals surface area contributed by atoms with Crippen LogP contribution < -0.4 is 11.1 Å². The van der Waals surface area contributed by atoms with Crippen LogP contribution in [0.5, 0.6) is 0 Å². The Morgan fingerprint density at radius 3 is 3.19 bits per heavy atom. The summed E-state index contributed by atoms with van der Waals surface area (Å²) in [7, 11) is 0.470. The highest BCUT2D eigenvalue weighted by Gasteiger charge is 2.36. The van der Waals surface area contributed by atoms with Crippen LogP contribution in [0.15, 0.2) is 11.3 Å². The summed E-state index contributed by atoms with van der Waals surface area (Å²) < 4.78 is 11.5. The van der Waals surface area contributed by atoms with Gasteiger partial charge in [0.25, 0.3) is 0 Å². The molecule has 0 aliphatic carbocycles. The third-order valence-corrected chi connectivity index (χ3v) is 3.72. The van der Waals surface area contributed by atoms with Crippen molar-refractivity contribution in [2.24, 2.45) is 4.99 Å². The van der Waals surface area contributed by atoms with E-state index in [1.54, 1.807) is 6.21 Å². The quantitative estimate of drug-likeness (QED) is 0.618. The lowest BCUT2D eigenvalue weighted by Crippen LogP contribution is -2.32. The summed E-state index contributed by atoms with van der Waals surface area (Å²) in [5.41, 5.74) is 6.12. The maximum atomic E-state index is 6.04. The summed E-state index contributed by atoms with van der Waals surface area (Å²) >= 11 is 0. The molecule has 2 heterocycles. The summed E-state index contributed by atoms with van der Waals surface area (Å²) in [6, 6.07) is 0. The van der Waals surface area contributed by atoms with E-state index in [1.165, 1.54) is 6.33 Å². The van der Waals surface area contributed by atoms with Gasteiger partial charge < -0.3 is 20.3 Å². The third-order valence-electron chi connectivity index (χ3n) is 3.29. The van der Waals surface area contributed by atoms with Crippen molar-refractivity contribution in [1.29, 1.82) is 0 Å². The predicted octanol–water partition coefficient (Wildman–Crippen LogP) is 2.33. The molecule has 0 bridgehead atoms. The van der Waals surface area contributed by atoms with Gasteiger partial charge in [0.2, 0.25) is 0 Å². The fourth-order valence-corrected chi connectivity index (χ4v) is 2.69. The molecule has 0 spiro atoms. The number of anilines is 2. The molecular formula is C13H22N5O2P. The van der Waals surface area contributed by atoms with Gasteiger partial charge in [-0.05, 0) is 33.4 Å². The third kappa shape index (κ3) is 4.09. The lowest BCUT2D eigenvalue weighted by molar-refractivity contribution is -0.0422. The van der Waals surface area contributed by atoms with Crippen LogP contribution in [0, 0.1) is 0 Å². The minimum Gasteiger partial charge on any atom is -0.382 e. The number of aromatic nitrogens is 2. The monoisotopic (exact) mass is 311 g/mol. The van der Waals surface area contributed by atoms with E-state index < -0.39 is 0 Å². The second kappa shape index (κ2) is 7.11. The Morgan fingerprint density at radius 2 is 2.48 bits per heavy atom. The molecule has 0 saturated carbocycles. The van der Waals surface area contributed by atoms with Crippen LogP contribution in [0.1, 0.15) is 26.7 Å². The van der Waals surface area contributed by atoms with Crippen molar-refractivity contribution in [2.45, 2.75) is 38.5 Å². The number of hydrogen-bond donors (Lipinski definition) is 2. The van der Waals surface area contributed by atoms with Gasteiger partial charge in [0.1, 0.15) is 18.2 Å². The number of nitrogen functional groups attached to an aromatic ring is 1. The number of nitrogens with one attached hydrogen (secondary N) is 1. The first-order valence-electron chi connectivity index (χ1n) is 6.90. The average Bonchev–Trinajstić information content (AvgIpc) is 2.82. The molecule has 8 heteroatoms. The Kier molecular flexibility index (Phi) is 5.45. The van der Waals surface area contributed by atoms with E-state index in [9.17, 15) is 0 Å². The van der Waals surface area contributed by atoms with Crippen molar-refractivity contribution in [3.63, 3.8) is 0 Å². The summed E-state index contributed by atoms with van der Waals surface area (Å²) in [6.07, 6.45) is 4.77. The lowest BCUT2D eigenvalue weighted by atomic mass is 10.0. The van der Waals surface area contributed by atoms with E-state index in [0.29, 0.717) is 32.7 Å². The van der Waals surface area contributed by atoms with Crippen LogP contribution >= 0.6 is 8.81 Å². The summed E-state index contributed by atoms with van der Waals surface area (Å²) in [4.78, 5) is 12.4. The molecule has 0 radical (unpaired) electrons. The van der Waals surface area contributed by atoms with Crippen LogP contribution in [-0.4, -0.2) is 41.3 Å². The van der Waals surface area contributed by atoms with Gasteiger partial charge in [-0.3, -0.25) is 4.99 Å². The lowest BCUT2D eigenvalue weighted by Gasteiger charge is -2.24. The SMILES string of the molecule is CC=Nc1c(N)ncnc1N[C@H]1CC[C@@](C)(COPC)O1. The van der Waals surface area contributed by atoms with E-state index in [1.807, 2.05) is 13.6 Å². The molecule has 3 atom stereocenters. The highest BCUT2D eigenvalue weighted by atomic mass is 31.1. The number of nitrogens with zero attached hydrogens (tertiary/aromatic N) is 3. The van der Waals surface area contributed by atoms with E-state index in [0.717, 1.165) is 12.8 Å². The molecule has 116 valence electrons. The largest absolute Gasteiger partial charge is 0.382 e. The predicted molar refractivity (Wildman–Crippen MR) is 86.6 cm³/mol. The molecule has 21 heavy (non-hydrogen) atoms.